The molecule has 0 aliphatic rings. The first kappa shape index (κ1) is 17.2. The van der Waals surface area contributed by atoms with Crippen molar-refractivity contribution >= 4 is 23.6 Å². The molecule has 0 amide bonds. The van der Waals surface area contributed by atoms with Crippen LogP contribution in [-0.4, -0.2) is 11.5 Å². The highest BCUT2D eigenvalue weighted by Crippen LogP contribution is 2.24. The molecule has 0 unspecified atom stereocenters. The van der Waals surface area contributed by atoms with Crippen LogP contribution >= 0.6 is 11.8 Å². The van der Waals surface area contributed by atoms with Gasteiger partial charge in [-0.05, 0) is 22.1 Å². The minimum Gasteiger partial charge on any atom is -0.293 e. The highest BCUT2D eigenvalue weighted by molar-refractivity contribution is 8.03. The molecule has 2 heteroatoms. The summed E-state index contributed by atoms with van der Waals surface area (Å²) in [5.41, 5.74) is 3.19. The molecular formula is C23H20OS. The normalized spacial score (nSPS) is 11.3. The predicted octanol–water partition coefficient (Wildman–Crippen LogP) is 5.89. The first-order chi connectivity index (χ1) is 12.3. The van der Waals surface area contributed by atoms with Crippen LogP contribution < -0.4 is 0 Å². The van der Waals surface area contributed by atoms with Crippen molar-refractivity contribution in [3.05, 3.63) is 113 Å². The lowest BCUT2D eigenvalue weighted by Crippen LogP contribution is -2.02. The van der Waals surface area contributed by atoms with Crippen molar-refractivity contribution < 1.29 is 4.79 Å². The van der Waals surface area contributed by atoms with Crippen molar-refractivity contribution in [3.63, 3.8) is 0 Å². The van der Waals surface area contributed by atoms with E-state index in [9.17, 15) is 4.79 Å². The van der Waals surface area contributed by atoms with Gasteiger partial charge in [0.1, 0.15) is 0 Å². The molecule has 3 aromatic carbocycles. The van der Waals surface area contributed by atoms with Gasteiger partial charge in [0, 0.05) is 12.0 Å². The minimum atomic E-state index is 0.164. The molecule has 0 N–H and O–H groups in total. The standard InChI is InChI=1S/C23H20OS/c24-23(21-14-8-3-9-15-21)18-25-22(16-19-10-4-1-5-11-19)17-20-12-6-2-7-13-20/h1-16H,17-18H2/b22-16-. The van der Waals surface area contributed by atoms with E-state index in [-0.39, 0.29) is 5.78 Å². The number of carbonyl (C=O) groups excluding carboxylic acids is 1. The van der Waals surface area contributed by atoms with Crippen LogP contribution in [0, 0.1) is 0 Å². The maximum Gasteiger partial charge on any atom is 0.173 e. The van der Waals surface area contributed by atoms with Crippen LogP contribution in [0.15, 0.2) is 95.9 Å². The fraction of sp³-hybridized carbons (Fsp3) is 0.0870. The van der Waals surface area contributed by atoms with Crippen LogP contribution in [0.25, 0.3) is 6.08 Å². The zero-order chi connectivity index (χ0) is 17.3. The number of carbonyl (C=O) groups is 1. The lowest BCUT2D eigenvalue weighted by atomic mass is 10.1. The summed E-state index contributed by atoms with van der Waals surface area (Å²) in [6, 6.07) is 30.1. The summed E-state index contributed by atoms with van der Waals surface area (Å²) in [7, 11) is 0. The Morgan fingerprint density at radius 3 is 1.96 bits per heavy atom. The summed E-state index contributed by atoms with van der Waals surface area (Å²) in [5.74, 6) is 0.618. The molecule has 0 saturated carbocycles. The van der Waals surface area contributed by atoms with Gasteiger partial charge >= 0.3 is 0 Å². The molecule has 0 radical (unpaired) electrons. The molecule has 25 heavy (non-hydrogen) atoms. The fourth-order valence-electron chi connectivity index (χ4n) is 2.54. The average Bonchev–Trinajstić information content (AvgIpc) is 2.68. The Morgan fingerprint density at radius 1 is 0.760 bits per heavy atom. The van der Waals surface area contributed by atoms with Gasteiger partial charge in [0.15, 0.2) is 5.78 Å². The van der Waals surface area contributed by atoms with E-state index in [1.807, 2.05) is 54.6 Å². The molecule has 0 heterocycles. The smallest absolute Gasteiger partial charge is 0.173 e. The van der Waals surface area contributed by atoms with Crippen molar-refractivity contribution in [2.45, 2.75) is 6.42 Å². The SMILES string of the molecule is O=C(CS/C(=C\c1ccccc1)Cc1ccccc1)c1ccccc1. The Balaban J connectivity index is 1.74. The van der Waals surface area contributed by atoms with Gasteiger partial charge in [0.05, 0.1) is 5.75 Å². The van der Waals surface area contributed by atoms with Crippen LogP contribution in [0.4, 0.5) is 0 Å². The Labute approximate surface area is 153 Å². The number of thioether (sulfide) groups is 1. The third-order valence-corrected chi connectivity index (χ3v) is 4.87. The summed E-state index contributed by atoms with van der Waals surface area (Å²) in [6.45, 7) is 0. The van der Waals surface area contributed by atoms with Gasteiger partial charge in [0.25, 0.3) is 0 Å². The van der Waals surface area contributed by atoms with E-state index in [1.165, 1.54) is 10.5 Å². The number of hydrogen-bond donors (Lipinski definition) is 0. The third-order valence-electron chi connectivity index (χ3n) is 3.83. The molecule has 0 aromatic heterocycles. The Hall–Kier alpha value is -2.58. The van der Waals surface area contributed by atoms with Crippen molar-refractivity contribution in [3.8, 4) is 0 Å². The summed E-state index contributed by atoms with van der Waals surface area (Å²) in [6.07, 6.45) is 3.01. The molecule has 0 spiro atoms. The molecule has 0 aliphatic carbocycles. The van der Waals surface area contributed by atoms with E-state index in [0.29, 0.717) is 5.75 Å². The van der Waals surface area contributed by atoms with Gasteiger partial charge in [-0.15, -0.1) is 11.8 Å². The van der Waals surface area contributed by atoms with E-state index >= 15 is 0 Å². The summed E-state index contributed by atoms with van der Waals surface area (Å²) >= 11 is 1.63. The largest absolute Gasteiger partial charge is 0.293 e. The summed E-state index contributed by atoms with van der Waals surface area (Å²) < 4.78 is 0. The van der Waals surface area contributed by atoms with Crippen molar-refractivity contribution in [2.75, 3.05) is 5.75 Å². The first-order valence-electron chi connectivity index (χ1n) is 8.32. The second-order valence-electron chi connectivity index (χ2n) is 5.76. The van der Waals surface area contributed by atoms with Gasteiger partial charge < -0.3 is 0 Å². The second-order valence-corrected chi connectivity index (χ2v) is 6.86. The highest BCUT2D eigenvalue weighted by atomic mass is 32.2. The Kier molecular flexibility index (Phi) is 6.24. The van der Waals surface area contributed by atoms with E-state index in [1.54, 1.807) is 11.8 Å². The number of benzene rings is 3. The quantitative estimate of drug-likeness (QED) is 0.497. The van der Waals surface area contributed by atoms with E-state index in [4.69, 9.17) is 0 Å². The second kappa shape index (κ2) is 9.05. The fourth-order valence-corrected chi connectivity index (χ4v) is 3.51. The minimum absolute atomic E-state index is 0.164. The molecule has 0 atom stereocenters. The van der Waals surface area contributed by atoms with Gasteiger partial charge in [-0.3, -0.25) is 4.79 Å². The Morgan fingerprint density at radius 2 is 1.32 bits per heavy atom. The predicted molar refractivity (Wildman–Crippen MR) is 108 cm³/mol. The molecular weight excluding hydrogens is 324 g/mol. The van der Waals surface area contributed by atoms with Crippen LogP contribution in [0.5, 0.6) is 0 Å². The molecule has 124 valence electrons. The molecule has 1 nitrogen and oxygen atoms in total. The van der Waals surface area contributed by atoms with E-state index < -0.39 is 0 Å². The van der Waals surface area contributed by atoms with Gasteiger partial charge in [0.2, 0.25) is 0 Å². The maximum atomic E-state index is 12.4. The van der Waals surface area contributed by atoms with Crippen molar-refractivity contribution in [2.24, 2.45) is 0 Å². The van der Waals surface area contributed by atoms with Crippen LogP contribution in [0.3, 0.4) is 0 Å². The maximum absolute atomic E-state index is 12.4. The summed E-state index contributed by atoms with van der Waals surface area (Å²) in [5, 5.41) is 0. The molecule has 3 rings (SSSR count). The van der Waals surface area contributed by atoms with Crippen LogP contribution in [0.2, 0.25) is 0 Å². The van der Waals surface area contributed by atoms with Gasteiger partial charge in [-0.25, -0.2) is 0 Å². The molecule has 0 bridgehead atoms. The van der Waals surface area contributed by atoms with Crippen molar-refractivity contribution in [1.82, 2.24) is 0 Å². The average molecular weight is 344 g/mol. The monoisotopic (exact) mass is 344 g/mol. The molecule has 0 fully saturated rings. The third kappa shape index (κ3) is 5.47. The highest BCUT2D eigenvalue weighted by Gasteiger charge is 2.08. The lowest BCUT2D eigenvalue weighted by molar-refractivity contribution is 0.102. The number of ketones is 1. The van der Waals surface area contributed by atoms with Crippen LogP contribution in [-0.2, 0) is 6.42 Å². The summed E-state index contributed by atoms with van der Waals surface area (Å²) in [4.78, 5) is 13.6. The number of rotatable bonds is 7. The van der Waals surface area contributed by atoms with Gasteiger partial charge in [-0.1, -0.05) is 91.0 Å². The van der Waals surface area contributed by atoms with Crippen LogP contribution in [0.1, 0.15) is 21.5 Å². The zero-order valence-corrected chi connectivity index (χ0v) is 14.8. The van der Waals surface area contributed by atoms with E-state index in [0.717, 1.165) is 17.5 Å². The number of hydrogen-bond acceptors (Lipinski definition) is 2. The zero-order valence-electron chi connectivity index (χ0n) is 14.0. The molecule has 3 aromatic rings. The van der Waals surface area contributed by atoms with Crippen molar-refractivity contribution in [1.29, 1.82) is 0 Å². The topological polar surface area (TPSA) is 17.1 Å². The lowest BCUT2D eigenvalue weighted by Gasteiger charge is -2.08. The van der Waals surface area contributed by atoms with Gasteiger partial charge in [-0.2, -0.15) is 0 Å². The number of Topliss-reactive ketones (excluding diaryl/α,β-unsaturated/α-hetero) is 1. The van der Waals surface area contributed by atoms with E-state index in [2.05, 4.69) is 42.5 Å². The molecule has 0 aliphatic heterocycles. The Bertz CT molecular complexity index is 824. The first-order valence-corrected chi connectivity index (χ1v) is 9.30. The number of allylic oxidation sites excluding steroid dienone is 1. The molecule has 0 saturated heterocycles.